The van der Waals surface area contributed by atoms with Gasteiger partial charge in [-0.2, -0.15) is 5.10 Å². The molecule has 0 saturated carbocycles. The molecule has 0 fully saturated rings. The van der Waals surface area contributed by atoms with E-state index in [1.165, 1.54) is 16.8 Å². The molecule has 0 aliphatic carbocycles. The fraction of sp³-hybridized carbons (Fsp3) is 0.158. The molecule has 0 bridgehead atoms. The molecule has 8 nitrogen and oxygen atoms in total. The third-order valence-electron chi connectivity index (χ3n) is 4.00. The molecule has 1 amide bonds. The summed E-state index contributed by atoms with van der Waals surface area (Å²) in [6.45, 7) is 3.69. The van der Waals surface area contributed by atoms with Crippen molar-refractivity contribution >= 4 is 35.0 Å². The number of amides is 1. The van der Waals surface area contributed by atoms with E-state index in [4.69, 9.17) is 5.84 Å². The Kier molecular flexibility index (Phi) is 6.45. The summed E-state index contributed by atoms with van der Waals surface area (Å²) in [6, 6.07) is 13.5. The van der Waals surface area contributed by atoms with Crippen molar-refractivity contribution in [3.63, 3.8) is 0 Å². The maximum absolute atomic E-state index is 13.0. The van der Waals surface area contributed by atoms with Crippen molar-refractivity contribution in [1.82, 2.24) is 14.9 Å². The Morgan fingerprint density at radius 2 is 1.93 bits per heavy atom. The van der Waals surface area contributed by atoms with Crippen LogP contribution in [0.25, 0.3) is 0 Å². The minimum Gasteiger partial charge on any atom is -0.334 e. The van der Waals surface area contributed by atoms with Gasteiger partial charge in [-0.15, -0.1) is 10.2 Å². The monoisotopic (exact) mass is 413 g/mol. The first-order valence-corrected chi connectivity index (χ1v) is 9.67. The summed E-state index contributed by atoms with van der Waals surface area (Å²) in [7, 11) is 0. The van der Waals surface area contributed by atoms with Crippen LogP contribution in [0, 0.1) is 12.7 Å². The summed E-state index contributed by atoms with van der Waals surface area (Å²) in [5.41, 5.74) is 5.85. The van der Waals surface area contributed by atoms with Crippen LogP contribution in [-0.2, 0) is 4.79 Å². The van der Waals surface area contributed by atoms with Crippen LogP contribution in [0.2, 0.25) is 0 Å². The van der Waals surface area contributed by atoms with Crippen molar-refractivity contribution in [3.05, 3.63) is 65.5 Å². The predicted octanol–water partition coefficient (Wildman–Crippen LogP) is 3.01. The predicted molar refractivity (Wildman–Crippen MR) is 113 cm³/mol. The summed E-state index contributed by atoms with van der Waals surface area (Å²) in [5.74, 6) is 5.82. The number of nitrogens with zero attached hydrogens (tertiary/aromatic N) is 4. The Morgan fingerprint density at radius 1 is 1.21 bits per heavy atom. The smallest absolute Gasteiger partial charge is 0.264 e. The Labute approximate surface area is 171 Å². The van der Waals surface area contributed by atoms with Gasteiger partial charge in [0.25, 0.3) is 5.95 Å². The van der Waals surface area contributed by atoms with Crippen LogP contribution in [0.3, 0.4) is 0 Å². The molecule has 2 aromatic carbocycles. The molecule has 29 heavy (non-hydrogen) atoms. The molecule has 4 N–H and O–H groups in total. The zero-order valence-corrected chi connectivity index (χ0v) is 16.7. The largest absolute Gasteiger partial charge is 0.334 e. The molecule has 10 heteroatoms. The summed E-state index contributed by atoms with van der Waals surface area (Å²) in [6.07, 6.45) is 0. The van der Waals surface area contributed by atoms with Gasteiger partial charge in [-0.1, -0.05) is 42.1 Å². The van der Waals surface area contributed by atoms with E-state index in [-0.39, 0.29) is 23.4 Å². The maximum Gasteiger partial charge on any atom is 0.264 e. The van der Waals surface area contributed by atoms with Crippen LogP contribution in [0.4, 0.5) is 16.0 Å². The van der Waals surface area contributed by atoms with Crippen molar-refractivity contribution < 1.29 is 9.18 Å². The van der Waals surface area contributed by atoms with Gasteiger partial charge < -0.3 is 11.2 Å². The topological polar surface area (TPSA) is 110 Å². The SMILES string of the molecule is C/C(=N\Nc1nnc(SCC(=O)Nc2ccccc2C)n1N)c1ccc(F)cc1. The Balaban J connectivity index is 1.57. The quantitative estimate of drug-likeness (QED) is 0.238. The van der Waals surface area contributed by atoms with Gasteiger partial charge in [0.1, 0.15) is 5.82 Å². The summed E-state index contributed by atoms with van der Waals surface area (Å²) in [4.78, 5) is 12.2. The highest BCUT2D eigenvalue weighted by atomic mass is 32.2. The molecule has 0 radical (unpaired) electrons. The number of aromatic nitrogens is 3. The molecule has 0 spiro atoms. The first-order valence-electron chi connectivity index (χ1n) is 8.69. The molecule has 3 aromatic rings. The van der Waals surface area contributed by atoms with Gasteiger partial charge >= 0.3 is 0 Å². The van der Waals surface area contributed by atoms with E-state index in [9.17, 15) is 9.18 Å². The number of aryl methyl sites for hydroxylation is 1. The van der Waals surface area contributed by atoms with Gasteiger partial charge in [0.2, 0.25) is 11.1 Å². The maximum atomic E-state index is 13.0. The van der Waals surface area contributed by atoms with Gasteiger partial charge in [-0.05, 0) is 43.2 Å². The fourth-order valence-electron chi connectivity index (χ4n) is 2.37. The molecular weight excluding hydrogens is 393 g/mol. The third-order valence-corrected chi connectivity index (χ3v) is 4.94. The van der Waals surface area contributed by atoms with Gasteiger partial charge in [0.05, 0.1) is 11.5 Å². The number of nitrogens with two attached hydrogens (primary N) is 1. The normalized spacial score (nSPS) is 11.3. The lowest BCUT2D eigenvalue weighted by molar-refractivity contribution is -0.113. The van der Waals surface area contributed by atoms with Gasteiger partial charge in [0, 0.05) is 5.69 Å². The molecule has 1 heterocycles. The van der Waals surface area contributed by atoms with Gasteiger partial charge in [-0.25, -0.2) is 14.5 Å². The summed E-state index contributed by atoms with van der Waals surface area (Å²) in [5, 5.41) is 15.3. The molecule has 3 rings (SSSR count). The highest BCUT2D eigenvalue weighted by molar-refractivity contribution is 7.99. The Morgan fingerprint density at radius 3 is 2.66 bits per heavy atom. The van der Waals surface area contributed by atoms with Crippen LogP contribution < -0.4 is 16.6 Å². The number of anilines is 2. The van der Waals surface area contributed by atoms with Crippen molar-refractivity contribution in [3.8, 4) is 0 Å². The number of halogens is 1. The molecule has 0 atom stereocenters. The molecule has 0 aliphatic heterocycles. The standard InChI is InChI=1S/C19H20FN7OS/c1-12-5-3-4-6-16(12)22-17(28)11-29-19-26-25-18(27(19)21)24-23-13(2)14-7-9-15(20)10-8-14/h3-10H,11,21H2,1-2H3,(H,22,28)(H,24,25)/b23-13+. The number of nitrogen functional groups attached to an aromatic ring is 1. The van der Waals surface area contributed by atoms with E-state index in [2.05, 4.69) is 26.0 Å². The van der Waals surface area contributed by atoms with E-state index in [1.54, 1.807) is 19.1 Å². The lowest BCUT2D eigenvalue weighted by atomic mass is 10.1. The highest BCUT2D eigenvalue weighted by Crippen LogP contribution is 2.18. The number of benzene rings is 2. The Bertz CT molecular complexity index is 1030. The zero-order chi connectivity index (χ0) is 20.8. The molecule has 1 aromatic heterocycles. The van der Waals surface area contributed by atoms with Crippen LogP contribution >= 0.6 is 11.8 Å². The molecule has 0 aliphatic rings. The minimum absolute atomic E-state index is 0.127. The van der Waals surface area contributed by atoms with E-state index < -0.39 is 0 Å². The number of carbonyl (C=O) groups excluding carboxylic acids is 1. The van der Waals surface area contributed by atoms with E-state index >= 15 is 0 Å². The number of nitrogens with one attached hydrogen (secondary N) is 2. The van der Waals surface area contributed by atoms with Crippen LogP contribution in [0.15, 0.2) is 58.8 Å². The lowest BCUT2D eigenvalue weighted by Crippen LogP contribution is -2.17. The van der Waals surface area contributed by atoms with E-state index in [0.717, 1.165) is 28.6 Å². The second-order valence-corrected chi connectivity index (χ2v) is 7.09. The van der Waals surface area contributed by atoms with Crippen molar-refractivity contribution in [1.29, 1.82) is 0 Å². The molecule has 0 saturated heterocycles. The number of hydrazone groups is 1. The number of para-hydroxylation sites is 1. The third kappa shape index (κ3) is 5.32. The number of thioether (sulfide) groups is 1. The molecule has 0 unspecified atom stereocenters. The fourth-order valence-corrected chi connectivity index (χ4v) is 3.03. The molecular formula is C19H20FN7OS. The average Bonchev–Trinajstić information content (AvgIpc) is 3.06. The lowest BCUT2D eigenvalue weighted by Gasteiger charge is -2.07. The van der Waals surface area contributed by atoms with Crippen molar-refractivity contribution in [2.75, 3.05) is 22.3 Å². The number of carbonyl (C=O) groups is 1. The second-order valence-electron chi connectivity index (χ2n) is 6.14. The van der Waals surface area contributed by atoms with E-state index in [0.29, 0.717) is 10.9 Å². The number of hydrogen-bond donors (Lipinski definition) is 3. The van der Waals surface area contributed by atoms with Crippen LogP contribution in [0.5, 0.6) is 0 Å². The van der Waals surface area contributed by atoms with Crippen LogP contribution in [0.1, 0.15) is 18.1 Å². The Hall–Kier alpha value is -3.40. The van der Waals surface area contributed by atoms with E-state index in [1.807, 2.05) is 31.2 Å². The zero-order valence-electron chi connectivity index (χ0n) is 15.9. The van der Waals surface area contributed by atoms with Gasteiger partial charge in [-0.3, -0.25) is 4.79 Å². The van der Waals surface area contributed by atoms with Gasteiger partial charge in [0.15, 0.2) is 0 Å². The number of rotatable bonds is 7. The highest BCUT2D eigenvalue weighted by Gasteiger charge is 2.13. The van der Waals surface area contributed by atoms with Crippen LogP contribution in [-0.4, -0.2) is 32.2 Å². The number of hydrogen-bond acceptors (Lipinski definition) is 7. The average molecular weight is 413 g/mol. The minimum atomic E-state index is -0.315. The second kappa shape index (κ2) is 9.20. The first-order chi connectivity index (χ1) is 13.9. The van der Waals surface area contributed by atoms with Crippen molar-refractivity contribution in [2.45, 2.75) is 19.0 Å². The summed E-state index contributed by atoms with van der Waals surface area (Å²) >= 11 is 1.16. The van der Waals surface area contributed by atoms with Crippen molar-refractivity contribution in [2.24, 2.45) is 5.10 Å². The molecule has 150 valence electrons. The first kappa shape index (κ1) is 20.3. The summed E-state index contributed by atoms with van der Waals surface area (Å²) < 4.78 is 14.2.